The molecule has 1 N–H and O–H groups in total. The van der Waals surface area contributed by atoms with E-state index in [-0.39, 0.29) is 5.69 Å². The average Bonchev–Trinajstić information content (AvgIpc) is 2.00. The number of anilines is 1. The lowest BCUT2D eigenvalue weighted by Gasteiger charge is -2.31. The fourth-order valence-corrected chi connectivity index (χ4v) is 1.38. The summed E-state index contributed by atoms with van der Waals surface area (Å²) in [7, 11) is 0. The van der Waals surface area contributed by atoms with E-state index in [2.05, 4.69) is 14.9 Å². The fraction of sp³-hybridized carbons (Fsp3) is 0.444. The van der Waals surface area contributed by atoms with Crippen molar-refractivity contribution in [2.45, 2.75) is 13.3 Å². The molecular weight excluding hydrogens is 182 g/mol. The van der Waals surface area contributed by atoms with Crippen LogP contribution in [0.25, 0.3) is 0 Å². The molecule has 74 valence electrons. The Labute approximate surface area is 81.4 Å². The highest BCUT2D eigenvalue weighted by Gasteiger charge is 2.18. The number of hydrogen-bond acceptors (Lipinski definition) is 4. The minimum atomic E-state index is -1.02. The second-order valence-electron chi connectivity index (χ2n) is 3.31. The predicted molar refractivity (Wildman–Crippen MR) is 50.6 cm³/mol. The summed E-state index contributed by atoms with van der Waals surface area (Å²) in [6.45, 7) is 3.64. The van der Waals surface area contributed by atoms with Crippen LogP contribution in [0.4, 0.5) is 5.82 Å². The first-order valence-electron chi connectivity index (χ1n) is 4.50. The second-order valence-corrected chi connectivity index (χ2v) is 3.31. The van der Waals surface area contributed by atoms with Gasteiger partial charge in [-0.1, -0.05) is 0 Å². The number of nitrogens with zero attached hydrogens (tertiary/aromatic N) is 3. The fourth-order valence-electron chi connectivity index (χ4n) is 1.38. The number of aromatic nitrogens is 2. The summed E-state index contributed by atoms with van der Waals surface area (Å²) in [6, 6.07) is 0. The summed E-state index contributed by atoms with van der Waals surface area (Å²) in [5.41, 5.74) is 0.510. The van der Waals surface area contributed by atoms with E-state index in [0.717, 1.165) is 18.9 Å². The van der Waals surface area contributed by atoms with Crippen LogP contribution < -0.4 is 4.90 Å². The van der Waals surface area contributed by atoms with Crippen LogP contribution >= 0.6 is 0 Å². The molecule has 0 bridgehead atoms. The lowest BCUT2D eigenvalue weighted by molar-refractivity contribution is 0.0689. The smallest absolute Gasteiger partial charge is 0.356 e. The average molecular weight is 193 g/mol. The third-order valence-electron chi connectivity index (χ3n) is 2.32. The van der Waals surface area contributed by atoms with Crippen molar-refractivity contribution < 1.29 is 9.90 Å². The monoisotopic (exact) mass is 193 g/mol. The molecule has 1 aromatic rings. The Balaban J connectivity index is 2.30. The zero-order valence-electron chi connectivity index (χ0n) is 7.90. The molecule has 0 unspecified atom stereocenters. The maximum atomic E-state index is 10.7. The van der Waals surface area contributed by atoms with E-state index >= 15 is 0 Å². The standard InChI is InChI=1S/C9H11N3O2/c1-6-8(9(13)14)10-5-7(11-6)12-3-2-4-12/h5H,2-4H2,1H3,(H,13,14). The number of carboxylic acid groups (broad SMARTS) is 1. The zero-order valence-corrected chi connectivity index (χ0v) is 7.90. The predicted octanol–water partition coefficient (Wildman–Crippen LogP) is 0.693. The van der Waals surface area contributed by atoms with Gasteiger partial charge in [0.2, 0.25) is 0 Å². The van der Waals surface area contributed by atoms with Crippen molar-refractivity contribution in [3.63, 3.8) is 0 Å². The summed E-state index contributed by atoms with van der Waals surface area (Å²) in [5, 5.41) is 8.75. The molecule has 1 aliphatic heterocycles. The number of aromatic carboxylic acids is 1. The van der Waals surface area contributed by atoms with E-state index in [4.69, 9.17) is 5.11 Å². The number of carbonyl (C=O) groups is 1. The van der Waals surface area contributed by atoms with Gasteiger partial charge >= 0.3 is 5.97 Å². The Morgan fingerprint density at radius 3 is 2.71 bits per heavy atom. The van der Waals surface area contributed by atoms with E-state index in [1.54, 1.807) is 6.92 Å². The molecule has 2 rings (SSSR count). The van der Waals surface area contributed by atoms with Gasteiger partial charge in [0.05, 0.1) is 11.9 Å². The van der Waals surface area contributed by atoms with E-state index < -0.39 is 5.97 Å². The number of hydrogen-bond donors (Lipinski definition) is 1. The second kappa shape index (κ2) is 3.25. The highest BCUT2D eigenvalue weighted by Crippen LogP contribution is 2.17. The van der Waals surface area contributed by atoms with Crippen molar-refractivity contribution >= 4 is 11.8 Å². The molecule has 5 nitrogen and oxygen atoms in total. The third kappa shape index (κ3) is 1.41. The van der Waals surface area contributed by atoms with Gasteiger partial charge < -0.3 is 10.0 Å². The Hall–Kier alpha value is -1.65. The highest BCUT2D eigenvalue weighted by molar-refractivity contribution is 5.86. The van der Waals surface area contributed by atoms with Crippen molar-refractivity contribution in [3.8, 4) is 0 Å². The molecule has 0 aromatic carbocycles. The van der Waals surface area contributed by atoms with Gasteiger partial charge in [-0.25, -0.2) is 14.8 Å². The van der Waals surface area contributed by atoms with Crippen LogP contribution in [0.15, 0.2) is 6.20 Å². The molecule has 1 fully saturated rings. The Kier molecular flexibility index (Phi) is 2.07. The van der Waals surface area contributed by atoms with Gasteiger partial charge in [0.15, 0.2) is 5.69 Å². The van der Waals surface area contributed by atoms with Crippen molar-refractivity contribution in [1.29, 1.82) is 0 Å². The normalized spacial score (nSPS) is 15.1. The molecule has 0 atom stereocenters. The first-order valence-corrected chi connectivity index (χ1v) is 4.50. The van der Waals surface area contributed by atoms with Gasteiger partial charge in [-0.2, -0.15) is 0 Å². The van der Waals surface area contributed by atoms with Crippen LogP contribution in [0.1, 0.15) is 22.6 Å². The van der Waals surface area contributed by atoms with Crippen molar-refractivity contribution in [3.05, 3.63) is 17.6 Å². The Morgan fingerprint density at radius 2 is 2.29 bits per heavy atom. The van der Waals surface area contributed by atoms with Crippen molar-refractivity contribution in [2.24, 2.45) is 0 Å². The van der Waals surface area contributed by atoms with Crippen LogP contribution in [-0.2, 0) is 0 Å². The summed E-state index contributed by atoms with van der Waals surface area (Å²) < 4.78 is 0. The molecule has 0 aliphatic carbocycles. The quantitative estimate of drug-likeness (QED) is 0.748. The van der Waals surface area contributed by atoms with E-state index in [1.165, 1.54) is 12.6 Å². The molecule has 0 saturated carbocycles. The van der Waals surface area contributed by atoms with Gasteiger partial charge in [-0.05, 0) is 13.3 Å². The molecule has 1 saturated heterocycles. The van der Waals surface area contributed by atoms with Gasteiger partial charge in [0.1, 0.15) is 5.82 Å². The Morgan fingerprint density at radius 1 is 1.57 bits per heavy atom. The van der Waals surface area contributed by atoms with Crippen LogP contribution in [0.2, 0.25) is 0 Å². The molecule has 1 aliphatic rings. The van der Waals surface area contributed by atoms with Crippen molar-refractivity contribution in [2.75, 3.05) is 18.0 Å². The summed E-state index contributed by atoms with van der Waals surface area (Å²) in [4.78, 5) is 20.8. The number of aryl methyl sites for hydroxylation is 1. The van der Waals surface area contributed by atoms with E-state index in [1.807, 2.05) is 0 Å². The molecule has 2 heterocycles. The molecule has 0 radical (unpaired) electrons. The van der Waals surface area contributed by atoms with E-state index in [9.17, 15) is 4.79 Å². The first kappa shape index (κ1) is 8.93. The topological polar surface area (TPSA) is 66.3 Å². The lowest BCUT2D eigenvalue weighted by Crippen LogP contribution is -2.37. The van der Waals surface area contributed by atoms with Crippen LogP contribution in [-0.4, -0.2) is 34.1 Å². The maximum absolute atomic E-state index is 10.7. The third-order valence-corrected chi connectivity index (χ3v) is 2.32. The maximum Gasteiger partial charge on any atom is 0.356 e. The van der Waals surface area contributed by atoms with Crippen LogP contribution in [0.5, 0.6) is 0 Å². The SMILES string of the molecule is Cc1nc(N2CCC2)cnc1C(=O)O. The highest BCUT2D eigenvalue weighted by atomic mass is 16.4. The minimum absolute atomic E-state index is 0.0364. The summed E-state index contributed by atoms with van der Waals surface area (Å²) in [5.74, 6) is -0.246. The zero-order chi connectivity index (χ0) is 10.1. The lowest BCUT2D eigenvalue weighted by atomic mass is 10.2. The largest absolute Gasteiger partial charge is 0.476 e. The minimum Gasteiger partial charge on any atom is -0.476 e. The van der Waals surface area contributed by atoms with E-state index in [0.29, 0.717) is 5.69 Å². The van der Waals surface area contributed by atoms with Crippen LogP contribution in [0.3, 0.4) is 0 Å². The van der Waals surface area contributed by atoms with Crippen LogP contribution in [0, 0.1) is 6.92 Å². The van der Waals surface area contributed by atoms with Gasteiger partial charge in [-0.15, -0.1) is 0 Å². The number of rotatable bonds is 2. The van der Waals surface area contributed by atoms with Gasteiger partial charge in [0.25, 0.3) is 0 Å². The molecular formula is C9H11N3O2. The van der Waals surface area contributed by atoms with Gasteiger partial charge in [0, 0.05) is 13.1 Å². The molecule has 1 aromatic heterocycles. The summed E-state index contributed by atoms with van der Waals surface area (Å²) in [6.07, 6.45) is 2.69. The number of carboxylic acids is 1. The van der Waals surface area contributed by atoms with Crippen molar-refractivity contribution in [1.82, 2.24) is 9.97 Å². The summed E-state index contributed by atoms with van der Waals surface area (Å²) >= 11 is 0. The molecule has 0 spiro atoms. The first-order chi connectivity index (χ1) is 6.68. The molecule has 5 heteroatoms. The molecule has 0 amide bonds. The Bertz CT molecular complexity index is 374. The van der Waals surface area contributed by atoms with Gasteiger partial charge in [-0.3, -0.25) is 0 Å². The molecule has 14 heavy (non-hydrogen) atoms.